The van der Waals surface area contributed by atoms with Gasteiger partial charge in [0.05, 0.1) is 12.2 Å². The number of nitrogens with two attached hydrogens (primary N) is 1. The molecule has 3 aromatic rings. The number of pyridine rings is 1. The van der Waals surface area contributed by atoms with Crippen LogP contribution < -0.4 is 10.6 Å². The van der Waals surface area contributed by atoms with Crippen molar-refractivity contribution in [1.29, 1.82) is 0 Å². The molecule has 0 fully saturated rings. The van der Waals surface area contributed by atoms with Crippen molar-refractivity contribution in [2.24, 2.45) is 0 Å². The molecule has 4 heterocycles. The SMILES string of the molecule is CN(C)c1nc(-c2ccncc2)nc2c1CCN(C(=O)c1cc(N)n[nH]1)C2. The lowest BCUT2D eigenvalue weighted by atomic mass is 10.0. The van der Waals surface area contributed by atoms with Crippen LogP contribution in [0, 0.1) is 0 Å². The first kappa shape index (κ1) is 17.0. The third-order valence-corrected chi connectivity index (χ3v) is 4.52. The molecule has 9 heteroatoms. The number of aromatic amines is 1. The van der Waals surface area contributed by atoms with Gasteiger partial charge < -0.3 is 15.5 Å². The van der Waals surface area contributed by atoms with E-state index in [4.69, 9.17) is 15.7 Å². The molecule has 0 bridgehead atoms. The molecular formula is C18H20N8O. The Morgan fingerprint density at radius 3 is 2.70 bits per heavy atom. The first-order valence-electron chi connectivity index (χ1n) is 8.60. The van der Waals surface area contributed by atoms with Gasteiger partial charge in [-0.25, -0.2) is 9.97 Å². The number of fused-ring (bicyclic) bond motifs is 1. The smallest absolute Gasteiger partial charge is 0.272 e. The average molecular weight is 364 g/mol. The summed E-state index contributed by atoms with van der Waals surface area (Å²) in [7, 11) is 3.92. The summed E-state index contributed by atoms with van der Waals surface area (Å²) in [5.41, 5.74) is 8.82. The number of nitrogens with zero attached hydrogens (tertiary/aromatic N) is 6. The van der Waals surface area contributed by atoms with Crippen LogP contribution in [0.25, 0.3) is 11.4 Å². The van der Waals surface area contributed by atoms with Gasteiger partial charge in [0.2, 0.25) is 0 Å². The molecule has 9 nitrogen and oxygen atoms in total. The summed E-state index contributed by atoms with van der Waals surface area (Å²) in [6.07, 6.45) is 4.12. The van der Waals surface area contributed by atoms with Crippen LogP contribution in [-0.4, -0.2) is 56.6 Å². The molecule has 0 atom stereocenters. The summed E-state index contributed by atoms with van der Waals surface area (Å²) in [6.45, 7) is 0.998. The lowest BCUT2D eigenvalue weighted by Gasteiger charge is -2.30. The Labute approximate surface area is 156 Å². The topological polar surface area (TPSA) is 117 Å². The number of nitrogen functional groups attached to an aromatic ring is 1. The van der Waals surface area contributed by atoms with Crippen molar-refractivity contribution in [3.8, 4) is 11.4 Å². The van der Waals surface area contributed by atoms with Crippen molar-refractivity contribution >= 4 is 17.5 Å². The molecule has 3 N–H and O–H groups in total. The average Bonchev–Trinajstić information content (AvgIpc) is 3.13. The predicted molar refractivity (Wildman–Crippen MR) is 101 cm³/mol. The van der Waals surface area contributed by atoms with Crippen molar-refractivity contribution in [3.63, 3.8) is 0 Å². The zero-order chi connectivity index (χ0) is 19.0. The van der Waals surface area contributed by atoms with Crippen LogP contribution in [0.1, 0.15) is 21.7 Å². The molecule has 0 spiro atoms. The minimum atomic E-state index is -0.139. The molecule has 4 rings (SSSR count). The molecule has 1 aliphatic rings. The summed E-state index contributed by atoms with van der Waals surface area (Å²) < 4.78 is 0. The minimum Gasteiger partial charge on any atom is -0.382 e. The number of carbonyl (C=O) groups is 1. The molecule has 1 amide bonds. The Kier molecular flexibility index (Phi) is 4.19. The van der Waals surface area contributed by atoms with Gasteiger partial charge in [-0.2, -0.15) is 5.10 Å². The van der Waals surface area contributed by atoms with Gasteiger partial charge in [0.25, 0.3) is 5.91 Å². The molecule has 0 unspecified atom stereocenters. The highest BCUT2D eigenvalue weighted by Crippen LogP contribution is 2.29. The molecule has 0 aromatic carbocycles. The van der Waals surface area contributed by atoms with E-state index >= 15 is 0 Å². The fourth-order valence-corrected chi connectivity index (χ4v) is 3.20. The van der Waals surface area contributed by atoms with E-state index in [-0.39, 0.29) is 5.91 Å². The quantitative estimate of drug-likeness (QED) is 0.715. The third-order valence-electron chi connectivity index (χ3n) is 4.52. The van der Waals surface area contributed by atoms with E-state index in [0.29, 0.717) is 36.8 Å². The Hall–Kier alpha value is -3.49. The second-order valence-electron chi connectivity index (χ2n) is 6.61. The van der Waals surface area contributed by atoms with Crippen LogP contribution in [0.4, 0.5) is 11.6 Å². The van der Waals surface area contributed by atoms with Crippen molar-refractivity contribution in [1.82, 2.24) is 30.0 Å². The van der Waals surface area contributed by atoms with Gasteiger partial charge in [-0.3, -0.25) is 14.9 Å². The second-order valence-corrected chi connectivity index (χ2v) is 6.61. The van der Waals surface area contributed by atoms with Gasteiger partial charge in [-0.1, -0.05) is 0 Å². The van der Waals surface area contributed by atoms with E-state index in [1.54, 1.807) is 23.4 Å². The van der Waals surface area contributed by atoms with Crippen LogP contribution in [0.2, 0.25) is 0 Å². The summed E-state index contributed by atoms with van der Waals surface area (Å²) in [4.78, 5) is 30.0. The number of rotatable bonds is 3. The number of H-pyrrole nitrogens is 1. The highest BCUT2D eigenvalue weighted by molar-refractivity contribution is 5.93. The van der Waals surface area contributed by atoms with E-state index in [0.717, 1.165) is 22.6 Å². The molecular weight excluding hydrogens is 344 g/mol. The second kappa shape index (κ2) is 6.67. The van der Waals surface area contributed by atoms with Crippen molar-refractivity contribution < 1.29 is 4.79 Å². The first-order chi connectivity index (χ1) is 13.0. The molecule has 0 saturated heterocycles. The van der Waals surface area contributed by atoms with Crippen molar-refractivity contribution in [3.05, 3.63) is 47.5 Å². The Morgan fingerprint density at radius 1 is 1.26 bits per heavy atom. The zero-order valence-corrected chi connectivity index (χ0v) is 15.2. The van der Waals surface area contributed by atoms with Crippen molar-refractivity contribution in [2.45, 2.75) is 13.0 Å². The third kappa shape index (κ3) is 3.19. The standard InChI is InChI=1S/C18H20N8O/c1-25(2)17-12-5-8-26(18(27)13-9-15(19)24-23-13)10-14(12)21-16(22-17)11-3-6-20-7-4-11/h3-4,6-7,9H,5,8,10H2,1-2H3,(H3,19,23,24). The van der Waals surface area contributed by atoms with Gasteiger partial charge in [0, 0.05) is 50.2 Å². The van der Waals surface area contributed by atoms with E-state index < -0.39 is 0 Å². The van der Waals surface area contributed by atoms with Crippen LogP contribution >= 0.6 is 0 Å². The van der Waals surface area contributed by atoms with Gasteiger partial charge in [-0.15, -0.1) is 0 Å². The summed E-state index contributed by atoms with van der Waals surface area (Å²) in [6, 6.07) is 5.30. The minimum absolute atomic E-state index is 0.139. The number of aromatic nitrogens is 5. The molecule has 0 radical (unpaired) electrons. The van der Waals surface area contributed by atoms with Crippen LogP contribution in [-0.2, 0) is 13.0 Å². The zero-order valence-electron chi connectivity index (χ0n) is 15.2. The molecule has 3 aromatic heterocycles. The normalized spacial score (nSPS) is 13.3. The number of anilines is 2. The van der Waals surface area contributed by atoms with Gasteiger partial charge in [-0.05, 0) is 18.6 Å². The number of hydrogen-bond donors (Lipinski definition) is 2. The van der Waals surface area contributed by atoms with Crippen LogP contribution in [0.15, 0.2) is 30.6 Å². The lowest BCUT2D eigenvalue weighted by molar-refractivity contribution is 0.0726. The fourth-order valence-electron chi connectivity index (χ4n) is 3.20. The van der Waals surface area contributed by atoms with E-state index in [2.05, 4.69) is 15.2 Å². The summed E-state index contributed by atoms with van der Waals surface area (Å²) in [5.74, 6) is 1.66. The molecule has 0 aliphatic carbocycles. The van der Waals surface area contributed by atoms with E-state index in [1.807, 2.05) is 31.1 Å². The lowest BCUT2D eigenvalue weighted by Crippen LogP contribution is -2.37. The van der Waals surface area contributed by atoms with Gasteiger partial charge in [0.1, 0.15) is 17.3 Å². The van der Waals surface area contributed by atoms with E-state index in [9.17, 15) is 4.79 Å². The number of amides is 1. The Balaban J connectivity index is 1.71. The number of hydrogen-bond acceptors (Lipinski definition) is 7. The highest BCUT2D eigenvalue weighted by atomic mass is 16.2. The van der Waals surface area contributed by atoms with E-state index in [1.165, 1.54) is 0 Å². The number of carbonyl (C=O) groups excluding carboxylic acids is 1. The maximum Gasteiger partial charge on any atom is 0.272 e. The predicted octanol–water partition coefficient (Wildman–Crippen LogP) is 1.11. The summed E-state index contributed by atoms with van der Waals surface area (Å²) in [5, 5.41) is 6.51. The van der Waals surface area contributed by atoms with Crippen LogP contribution in [0.5, 0.6) is 0 Å². The van der Waals surface area contributed by atoms with Gasteiger partial charge >= 0.3 is 0 Å². The maximum absolute atomic E-state index is 12.7. The Bertz CT molecular complexity index is 982. The largest absolute Gasteiger partial charge is 0.382 e. The molecule has 27 heavy (non-hydrogen) atoms. The monoisotopic (exact) mass is 364 g/mol. The molecule has 0 saturated carbocycles. The fraction of sp³-hybridized carbons (Fsp3) is 0.278. The Morgan fingerprint density at radius 2 is 2.04 bits per heavy atom. The first-order valence-corrected chi connectivity index (χ1v) is 8.60. The maximum atomic E-state index is 12.7. The molecule has 138 valence electrons. The highest BCUT2D eigenvalue weighted by Gasteiger charge is 2.27. The molecule has 1 aliphatic heterocycles. The number of nitrogens with one attached hydrogen (secondary N) is 1. The van der Waals surface area contributed by atoms with Crippen molar-refractivity contribution in [2.75, 3.05) is 31.3 Å². The van der Waals surface area contributed by atoms with Crippen LogP contribution in [0.3, 0.4) is 0 Å². The summed E-state index contributed by atoms with van der Waals surface area (Å²) >= 11 is 0. The van der Waals surface area contributed by atoms with Gasteiger partial charge in [0.15, 0.2) is 5.82 Å².